The third-order valence-corrected chi connectivity index (χ3v) is 6.49. The van der Waals surface area contributed by atoms with E-state index in [2.05, 4.69) is 39.9 Å². The quantitative estimate of drug-likeness (QED) is 0.427. The number of hydrogen-bond acceptors (Lipinski definition) is 6. The van der Waals surface area contributed by atoms with Crippen molar-refractivity contribution in [2.45, 2.75) is 25.8 Å². The molecule has 1 aliphatic rings. The van der Waals surface area contributed by atoms with Crippen LogP contribution in [0.15, 0.2) is 53.9 Å². The van der Waals surface area contributed by atoms with Crippen molar-refractivity contribution in [2.75, 3.05) is 13.2 Å². The van der Waals surface area contributed by atoms with Crippen molar-refractivity contribution >= 4 is 29.3 Å². The summed E-state index contributed by atoms with van der Waals surface area (Å²) in [6, 6.07) is 16.3. The molecule has 0 bridgehead atoms. The van der Waals surface area contributed by atoms with E-state index in [1.54, 1.807) is 12.3 Å². The molecule has 4 rings (SSSR count). The number of carboxylic acid groups (broad SMARTS) is 1. The van der Waals surface area contributed by atoms with Crippen molar-refractivity contribution < 1.29 is 24.2 Å². The zero-order valence-electron chi connectivity index (χ0n) is 18.6. The van der Waals surface area contributed by atoms with Gasteiger partial charge in [0.05, 0.1) is 6.54 Å². The largest absolute Gasteiger partial charge is 0.481 e. The zero-order valence-corrected chi connectivity index (χ0v) is 19.4. The van der Waals surface area contributed by atoms with Gasteiger partial charge in [0.25, 0.3) is 5.91 Å². The van der Waals surface area contributed by atoms with Crippen molar-refractivity contribution in [3.63, 3.8) is 0 Å². The second-order valence-corrected chi connectivity index (χ2v) is 9.16. The number of rotatable bonds is 9. The predicted octanol–water partition coefficient (Wildman–Crippen LogP) is 4.02. The Bertz CT molecular complexity index is 1160. The van der Waals surface area contributed by atoms with E-state index in [4.69, 9.17) is 9.84 Å². The summed E-state index contributed by atoms with van der Waals surface area (Å²) in [6.45, 7) is 2.36. The highest BCUT2D eigenvalue weighted by atomic mass is 32.1. The van der Waals surface area contributed by atoms with Gasteiger partial charge in [0.1, 0.15) is 17.3 Å². The van der Waals surface area contributed by atoms with Gasteiger partial charge >= 0.3 is 12.1 Å². The molecule has 3 N–H and O–H groups in total. The van der Waals surface area contributed by atoms with Crippen LogP contribution in [0.5, 0.6) is 0 Å². The minimum atomic E-state index is -0.906. The molecule has 9 heteroatoms. The molecular weight excluding hydrogens is 454 g/mol. The molecule has 0 radical (unpaired) electrons. The number of thiazole rings is 1. The molecule has 0 saturated heterocycles. The summed E-state index contributed by atoms with van der Waals surface area (Å²) in [5.74, 6) is -1.48. The molecule has 34 heavy (non-hydrogen) atoms. The van der Waals surface area contributed by atoms with Crippen molar-refractivity contribution in [3.05, 3.63) is 75.7 Å². The lowest BCUT2D eigenvalue weighted by molar-refractivity contribution is -0.137. The number of ether oxygens (including phenoxy) is 1. The molecule has 0 spiro atoms. The van der Waals surface area contributed by atoms with Gasteiger partial charge in [-0.15, -0.1) is 11.3 Å². The average molecular weight is 480 g/mol. The Labute approximate surface area is 201 Å². The summed E-state index contributed by atoms with van der Waals surface area (Å²) in [7, 11) is 0. The van der Waals surface area contributed by atoms with E-state index >= 15 is 0 Å². The van der Waals surface area contributed by atoms with Gasteiger partial charge in [-0.25, -0.2) is 9.78 Å². The highest BCUT2D eigenvalue weighted by Gasteiger charge is 2.29. The number of nitrogens with zero attached hydrogens (tertiary/aromatic N) is 1. The first-order chi connectivity index (χ1) is 16.4. The molecule has 0 fully saturated rings. The van der Waals surface area contributed by atoms with Gasteiger partial charge in [0.15, 0.2) is 0 Å². The lowest BCUT2D eigenvalue weighted by Gasteiger charge is -2.14. The fourth-order valence-corrected chi connectivity index (χ4v) is 4.74. The van der Waals surface area contributed by atoms with E-state index in [-0.39, 0.29) is 49.6 Å². The molecule has 1 heterocycles. The number of carbonyl (C=O) groups excluding carboxylic acids is 2. The van der Waals surface area contributed by atoms with Crippen LogP contribution in [0.3, 0.4) is 0 Å². The Morgan fingerprint density at radius 1 is 1.06 bits per heavy atom. The standard InChI is InChI=1S/C25H25N3O5S/c1-15(10-23(29)30)11-26-24(31)21-14-34-22(28-21)12-27-25(32)33-13-20-18-8-4-2-6-16(18)17-7-3-5-9-19(17)20/h2-9,14-15,20H,10-13H2,1H3,(H,26,31)(H,27,32)(H,29,30). The van der Waals surface area contributed by atoms with E-state index in [0.29, 0.717) is 5.01 Å². The minimum absolute atomic E-state index is 0.0168. The lowest BCUT2D eigenvalue weighted by atomic mass is 9.98. The first-order valence-corrected chi connectivity index (χ1v) is 11.8. The van der Waals surface area contributed by atoms with Gasteiger partial charge in [-0.05, 0) is 28.2 Å². The number of carbonyl (C=O) groups is 3. The molecule has 1 aliphatic carbocycles. The summed E-state index contributed by atoms with van der Waals surface area (Å²) in [4.78, 5) is 39.5. The summed E-state index contributed by atoms with van der Waals surface area (Å²) in [5.41, 5.74) is 4.85. The summed E-state index contributed by atoms with van der Waals surface area (Å²) in [5, 5.41) is 16.3. The van der Waals surface area contributed by atoms with Crippen LogP contribution in [-0.4, -0.2) is 41.2 Å². The maximum absolute atomic E-state index is 12.3. The van der Waals surface area contributed by atoms with E-state index in [0.717, 1.165) is 22.3 Å². The van der Waals surface area contributed by atoms with Crippen LogP contribution in [0.4, 0.5) is 4.79 Å². The molecular formula is C25H25N3O5S. The van der Waals surface area contributed by atoms with Gasteiger partial charge in [0.2, 0.25) is 0 Å². The lowest BCUT2D eigenvalue weighted by Crippen LogP contribution is -2.29. The molecule has 0 aliphatic heterocycles. The number of carboxylic acids is 1. The van der Waals surface area contributed by atoms with Crippen molar-refractivity contribution in [3.8, 4) is 11.1 Å². The second-order valence-electron chi connectivity index (χ2n) is 8.22. The van der Waals surface area contributed by atoms with Crippen LogP contribution in [0.2, 0.25) is 0 Å². The molecule has 8 nitrogen and oxygen atoms in total. The Hall–Kier alpha value is -3.72. The Morgan fingerprint density at radius 2 is 1.71 bits per heavy atom. The SMILES string of the molecule is CC(CNC(=O)c1csc(CNC(=O)OCC2c3ccccc3-c3ccccc32)n1)CC(=O)O. The van der Waals surface area contributed by atoms with Crippen molar-refractivity contribution in [2.24, 2.45) is 5.92 Å². The number of benzene rings is 2. The van der Waals surface area contributed by atoms with Crippen LogP contribution in [0, 0.1) is 5.92 Å². The number of alkyl carbamates (subject to hydrolysis) is 1. The van der Waals surface area contributed by atoms with Crippen LogP contribution < -0.4 is 10.6 Å². The Morgan fingerprint density at radius 3 is 2.35 bits per heavy atom. The third-order valence-electron chi connectivity index (χ3n) is 5.65. The van der Waals surface area contributed by atoms with Gasteiger partial charge in [-0.2, -0.15) is 0 Å². The van der Waals surface area contributed by atoms with Gasteiger partial charge < -0.3 is 20.5 Å². The maximum atomic E-state index is 12.3. The second kappa shape index (κ2) is 10.5. The molecule has 0 saturated carbocycles. The minimum Gasteiger partial charge on any atom is -0.481 e. The van der Waals surface area contributed by atoms with Gasteiger partial charge in [-0.3, -0.25) is 9.59 Å². The number of nitrogens with one attached hydrogen (secondary N) is 2. The highest BCUT2D eigenvalue weighted by molar-refractivity contribution is 7.09. The average Bonchev–Trinajstić information content (AvgIpc) is 3.42. The monoisotopic (exact) mass is 479 g/mol. The molecule has 1 atom stereocenters. The van der Waals surface area contributed by atoms with Crippen molar-refractivity contribution in [1.29, 1.82) is 0 Å². The highest BCUT2D eigenvalue weighted by Crippen LogP contribution is 2.44. The summed E-state index contributed by atoms with van der Waals surface area (Å²) >= 11 is 1.25. The third kappa shape index (κ3) is 5.43. The summed E-state index contributed by atoms with van der Waals surface area (Å²) in [6.07, 6.45) is -0.572. The molecule has 3 aromatic rings. The molecule has 2 aromatic carbocycles. The van der Waals surface area contributed by atoms with E-state index in [1.165, 1.54) is 11.3 Å². The van der Waals surface area contributed by atoms with E-state index in [9.17, 15) is 14.4 Å². The van der Waals surface area contributed by atoms with E-state index < -0.39 is 12.1 Å². The predicted molar refractivity (Wildman–Crippen MR) is 128 cm³/mol. The fourth-order valence-electron chi connectivity index (χ4n) is 4.02. The number of aromatic nitrogens is 1. The maximum Gasteiger partial charge on any atom is 0.407 e. The fraction of sp³-hybridized carbons (Fsp3) is 0.280. The topological polar surface area (TPSA) is 118 Å². The molecule has 2 amide bonds. The zero-order chi connectivity index (χ0) is 24.1. The molecule has 1 aromatic heterocycles. The van der Waals surface area contributed by atoms with Gasteiger partial charge in [-0.1, -0.05) is 55.5 Å². The number of fused-ring (bicyclic) bond motifs is 3. The van der Waals surface area contributed by atoms with Gasteiger partial charge in [0, 0.05) is 24.3 Å². The van der Waals surface area contributed by atoms with Crippen LogP contribution in [0.25, 0.3) is 11.1 Å². The van der Waals surface area contributed by atoms with Crippen LogP contribution in [-0.2, 0) is 16.1 Å². The van der Waals surface area contributed by atoms with Crippen LogP contribution >= 0.6 is 11.3 Å². The normalized spacial score (nSPS) is 13.0. The Kier molecular flexibility index (Phi) is 7.22. The van der Waals surface area contributed by atoms with E-state index in [1.807, 2.05) is 24.3 Å². The number of amides is 2. The summed E-state index contributed by atoms with van der Waals surface area (Å²) < 4.78 is 5.51. The first-order valence-electron chi connectivity index (χ1n) is 11.0. The number of aliphatic carboxylic acids is 1. The number of hydrogen-bond donors (Lipinski definition) is 3. The van der Waals surface area contributed by atoms with Crippen molar-refractivity contribution in [1.82, 2.24) is 15.6 Å². The van der Waals surface area contributed by atoms with Crippen LogP contribution in [0.1, 0.15) is 45.9 Å². The molecule has 176 valence electrons. The molecule has 1 unspecified atom stereocenters. The Balaban J connectivity index is 1.27. The first kappa shape index (κ1) is 23.4. The smallest absolute Gasteiger partial charge is 0.407 e.